The van der Waals surface area contributed by atoms with E-state index in [0.717, 1.165) is 12.0 Å². The van der Waals surface area contributed by atoms with Gasteiger partial charge in [-0.3, -0.25) is 9.59 Å². The van der Waals surface area contributed by atoms with E-state index in [-0.39, 0.29) is 72.9 Å². The molecule has 4 N–H and O–H groups in total. The van der Waals surface area contributed by atoms with E-state index in [9.17, 15) is 44.4 Å². The molecule has 0 unspecified atom stereocenters. The standard InChI is InChI=1S/C40H44O14/c1-16(13-41)8-29(44)52-15-38(48)24-11-23(24)36(3)25(38)12-22-20(14-51-28(43)7-6-27(42)50-5)34(46)53-39(22)26(36)10-19-18-9-21(18)37(4)31(19)32(39)30-17(2)33(45)54-40(30,49)35(37)47/h8,10,18,21,23-26,35,41,47-49H,6-7,9,11-15H2,1-5H3/b16-8+/t18-,21-,23-,24+,25-,26+,35-,36+,37+,38+,39+,40+/m1/s1. The van der Waals surface area contributed by atoms with Crippen LogP contribution in [0.2, 0.25) is 0 Å². The zero-order chi connectivity index (χ0) is 38.7. The van der Waals surface area contributed by atoms with Crippen LogP contribution in [0.1, 0.15) is 59.8 Å². The van der Waals surface area contributed by atoms with E-state index in [1.807, 2.05) is 6.92 Å². The molecule has 288 valence electrons. The van der Waals surface area contributed by atoms with E-state index < -0.39 is 82.2 Å². The summed E-state index contributed by atoms with van der Waals surface area (Å²) in [4.78, 5) is 65.1. The summed E-state index contributed by atoms with van der Waals surface area (Å²) in [5.74, 6) is -7.74. The molecule has 5 fully saturated rings. The average Bonchev–Trinajstić information content (AvgIpc) is 4.04. The SMILES string of the molecule is COC(=O)CCC(=O)OCC1=C2C[C@H]3[C@](O)(COC(=O)/C=C(\C)CO)[C@H]4C[C@H]4[C@]3(C)[C@@H]3C=C4C5=C(C6=C(C)C(=O)O[C@]6(O)[C@H](O)[C@@]5(C)[C@@H]5C[C@H]45)[C@]23OC1=O. The molecule has 12 atom stereocenters. The van der Waals surface area contributed by atoms with Crippen molar-refractivity contribution in [3.05, 3.63) is 56.7 Å². The third-order valence-electron chi connectivity index (χ3n) is 14.8. The maximum absolute atomic E-state index is 14.4. The summed E-state index contributed by atoms with van der Waals surface area (Å²) in [6.07, 6.45) is 2.67. The van der Waals surface area contributed by atoms with Crippen LogP contribution in [0.5, 0.6) is 0 Å². The highest BCUT2D eigenvalue weighted by Gasteiger charge is 2.84. The second kappa shape index (κ2) is 11.0. The van der Waals surface area contributed by atoms with Gasteiger partial charge in [0.25, 0.3) is 5.79 Å². The minimum absolute atomic E-state index is 0.0304. The van der Waals surface area contributed by atoms with E-state index in [0.29, 0.717) is 28.7 Å². The smallest absolute Gasteiger partial charge is 0.338 e. The van der Waals surface area contributed by atoms with Gasteiger partial charge in [0.05, 0.1) is 32.1 Å². The molecule has 0 radical (unpaired) electrons. The summed E-state index contributed by atoms with van der Waals surface area (Å²) in [5, 5.41) is 46.5. The molecule has 2 heterocycles. The summed E-state index contributed by atoms with van der Waals surface area (Å²) in [5.41, 5.74) is -1.97. The molecular weight excluding hydrogens is 704 g/mol. The van der Waals surface area contributed by atoms with E-state index in [1.54, 1.807) is 6.92 Å². The zero-order valence-corrected chi connectivity index (χ0v) is 30.7. The Morgan fingerprint density at radius 2 is 1.69 bits per heavy atom. The zero-order valence-electron chi connectivity index (χ0n) is 30.7. The maximum Gasteiger partial charge on any atom is 0.338 e. The van der Waals surface area contributed by atoms with Gasteiger partial charge in [-0.2, -0.15) is 0 Å². The fourth-order valence-corrected chi connectivity index (χ4v) is 12.3. The molecule has 14 nitrogen and oxygen atoms in total. The van der Waals surface area contributed by atoms with Gasteiger partial charge in [-0.15, -0.1) is 0 Å². The van der Waals surface area contributed by atoms with Crippen molar-refractivity contribution in [3.63, 3.8) is 0 Å². The van der Waals surface area contributed by atoms with Crippen LogP contribution in [0.25, 0.3) is 0 Å². The molecule has 2 aliphatic heterocycles. The molecule has 14 heteroatoms. The molecule has 1 spiro atoms. The summed E-state index contributed by atoms with van der Waals surface area (Å²) < 4.78 is 28.2. The minimum Gasteiger partial charge on any atom is -0.469 e. The Morgan fingerprint density at radius 1 is 0.963 bits per heavy atom. The van der Waals surface area contributed by atoms with Gasteiger partial charge in [0.1, 0.15) is 24.9 Å². The Balaban J connectivity index is 1.22. The first kappa shape index (κ1) is 35.6. The molecular formula is C40H44O14. The summed E-state index contributed by atoms with van der Waals surface area (Å²) in [6.45, 7) is 5.82. The lowest BCUT2D eigenvalue weighted by molar-refractivity contribution is -0.240. The molecule has 0 aromatic heterocycles. The second-order valence-electron chi connectivity index (χ2n) is 17.2. The fraction of sp³-hybridized carbons (Fsp3) is 0.625. The van der Waals surface area contributed by atoms with Gasteiger partial charge in [-0.25, -0.2) is 14.4 Å². The Labute approximate surface area is 310 Å². The highest BCUT2D eigenvalue weighted by molar-refractivity contribution is 5.99. The number of aliphatic hydroxyl groups is 4. The van der Waals surface area contributed by atoms with Crippen molar-refractivity contribution in [2.75, 3.05) is 26.9 Å². The molecule has 0 aromatic carbocycles. The molecule has 0 saturated heterocycles. The molecule has 0 aromatic rings. The molecule has 7 aliphatic carbocycles. The van der Waals surface area contributed by atoms with Gasteiger partial charge in [0.2, 0.25) is 0 Å². The van der Waals surface area contributed by atoms with Crippen LogP contribution < -0.4 is 0 Å². The summed E-state index contributed by atoms with van der Waals surface area (Å²) in [6, 6.07) is 0. The van der Waals surface area contributed by atoms with Crippen LogP contribution in [0, 0.1) is 46.3 Å². The van der Waals surface area contributed by atoms with Gasteiger partial charge in [-0.05, 0) is 84.5 Å². The van der Waals surface area contributed by atoms with Crippen LogP contribution in [0.15, 0.2) is 56.7 Å². The fourth-order valence-electron chi connectivity index (χ4n) is 12.3. The summed E-state index contributed by atoms with van der Waals surface area (Å²) in [7, 11) is 1.20. The number of hydrogen-bond donors (Lipinski definition) is 4. The number of esters is 5. The van der Waals surface area contributed by atoms with Gasteiger partial charge < -0.3 is 44.1 Å². The number of rotatable bonds is 9. The van der Waals surface area contributed by atoms with Crippen LogP contribution in [0.3, 0.4) is 0 Å². The number of aliphatic hydroxyl groups excluding tert-OH is 2. The Bertz CT molecular complexity index is 2040. The van der Waals surface area contributed by atoms with Crippen LogP contribution >= 0.6 is 0 Å². The van der Waals surface area contributed by atoms with Crippen molar-refractivity contribution in [3.8, 4) is 0 Å². The Hall–Kier alpha value is -4.11. The van der Waals surface area contributed by atoms with E-state index in [1.165, 1.54) is 20.1 Å². The van der Waals surface area contributed by atoms with Gasteiger partial charge >= 0.3 is 29.8 Å². The second-order valence-corrected chi connectivity index (χ2v) is 17.2. The predicted molar refractivity (Wildman–Crippen MR) is 181 cm³/mol. The quantitative estimate of drug-likeness (QED) is 0.149. The number of methoxy groups -OCH3 is 1. The van der Waals surface area contributed by atoms with E-state index >= 15 is 0 Å². The molecule has 0 amide bonds. The van der Waals surface area contributed by atoms with Gasteiger partial charge in [0.15, 0.2) is 5.60 Å². The summed E-state index contributed by atoms with van der Waals surface area (Å²) >= 11 is 0. The molecule has 5 saturated carbocycles. The number of carbonyl (C=O) groups is 5. The number of carbonyl (C=O) groups excluding carboxylic acids is 5. The maximum atomic E-state index is 14.4. The lowest BCUT2D eigenvalue weighted by Gasteiger charge is -2.61. The molecule has 9 rings (SSSR count). The van der Waals surface area contributed by atoms with Crippen molar-refractivity contribution < 1.29 is 68.1 Å². The normalized spacial score (nSPS) is 44.2. The third kappa shape index (κ3) is 4.12. The molecule has 9 aliphatic rings. The predicted octanol–water partition coefficient (Wildman–Crippen LogP) is 1.41. The lowest BCUT2D eigenvalue weighted by atomic mass is 9.45. The van der Waals surface area contributed by atoms with Gasteiger partial charge in [-0.1, -0.05) is 19.9 Å². The first-order chi connectivity index (χ1) is 25.4. The van der Waals surface area contributed by atoms with Crippen molar-refractivity contribution in [1.29, 1.82) is 0 Å². The van der Waals surface area contributed by atoms with Crippen molar-refractivity contribution in [1.82, 2.24) is 0 Å². The highest BCUT2D eigenvalue weighted by Crippen LogP contribution is 2.82. The van der Waals surface area contributed by atoms with Crippen molar-refractivity contribution >= 4 is 29.8 Å². The first-order valence-electron chi connectivity index (χ1n) is 18.6. The van der Waals surface area contributed by atoms with Crippen LogP contribution in [-0.4, -0.2) is 100 Å². The number of allylic oxidation sites excluding steroid dienone is 1. The lowest BCUT2D eigenvalue weighted by Crippen LogP contribution is -2.65. The van der Waals surface area contributed by atoms with Crippen molar-refractivity contribution in [2.24, 2.45) is 46.3 Å². The minimum atomic E-state index is -2.43. The number of fused-ring (bicyclic) bond motifs is 9. The highest BCUT2D eigenvalue weighted by atomic mass is 16.7. The molecule has 0 bridgehead atoms. The van der Waals surface area contributed by atoms with E-state index in [2.05, 4.69) is 17.7 Å². The largest absolute Gasteiger partial charge is 0.469 e. The van der Waals surface area contributed by atoms with Crippen LogP contribution in [0.4, 0.5) is 0 Å². The van der Waals surface area contributed by atoms with Crippen molar-refractivity contribution in [2.45, 2.75) is 82.9 Å². The first-order valence-corrected chi connectivity index (χ1v) is 18.6. The average molecular weight is 749 g/mol. The number of hydrogen-bond acceptors (Lipinski definition) is 14. The number of ether oxygens (including phenoxy) is 5. The Kier molecular flexibility index (Phi) is 7.26. The molecule has 54 heavy (non-hydrogen) atoms. The van der Waals surface area contributed by atoms with Gasteiger partial charge in [0, 0.05) is 40.0 Å². The topological polar surface area (TPSA) is 212 Å². The van der Waals surface area contributed by atoms with Crippen LogP contribution in [-0.2, 0) is 47.7 Å². The third-order valence-corrected chi connectivity index (χ3v) is 14.8. The monoisotopic (exact) mass is 748 g/mol. The Morgan fingerprint density at radius 3 is 2.39 bits per heavy atom. The van der Waals surface area contributed by atoms with E-state index in [4.69, 9.17) is 18.9 Å².